The fraction of sp³-hybridized carbons (Fsp3) is 0.259. The van der Waals surface area contributed by atoms with Gasteiger partial charge in [0.1, 0.15) is 11.5 Å². The summed E-state index contributed by atoms with van der Waals surface area (Å²) in [7, 11) is -5.61. The van der Waals surface area contributed by atoms with Crippen molar-refractivity contribution in [2.75, 3.05) is 17.0 Å². The van der Waals surface area contributed by atoms with Crippen molar-refractivity contribution in [3.63, 3.8) is 0 Å². The number of anilines is 2. The highest BCUT2D eigenvalue weighted by Crippen LogP contribution is 2.28. The molecule has 6 N–H and O–H groups in total. The molecule has 4 aromatic rings. The van der Waals surface area contributed by atoms with Gasteiger partial charge in [-0.25, -0.2) is 9.78 Å². The molecule has 0 fully saturated rings. The number of aromatic nitrogens is 2. The van der Waals surface area contributed by atoms with Crippen LogP contribution in [0.3, 0.4) is 0 Å². The largest absolute Gasteiger partial charge is 0.516 e. The van der Waals surface area contributed by atoms with Crippen molar-refractivity contribution in [3.8, 4) is 0 Å². The minimum Gasteiger partial charge on any atom is -0.477 e. The third-order valence-corrected chi connectivity index (χ3v) is 7.90. The zero-order valence-electron chi connectivity index (χ0n) is 22.1. The average Bonchev–Trinajstić information content (AvgIpc) is 3.26. The molecule has 0 aliphatic carbocycles. The van der Waals surface area contributed by atoms with E-state index in [4.69, 9.17) is 17.3 Å². The Morgan fingerprint density at radius 2 is 1.88 bits per heavy atom. The second kappa shape index (κ2) is 12.2. The lowest BCUT2D eigenvalue weighted by molar-refractivity contribution is -0.0429. The number of carbonyl (C=O) groups is 1. The number of nitrogens with zero attached hydrogens (tertiary/aromatic N) is 2. The number of nitrogens with one attached hydrogen (secondary N) is 2. The number of pyridine rings is 1. The zero-order chi connectivity index (χ0) is 30.8. The summed E-state index contributed by atoms with van der Waals surface area (Å²) >= 11 is 5.98. The monoisotopic (exact) mass is 625 g/mol. The summed E-state index contributed by atoms with van der Waals surface area (Å²) in [5.74, 6) is -1.03. The number of halogens is 4. The Hall–Kier alpha value is -3.85. The molecule has 2 atom stereocenters. The highest BCUT2D eigenvalue weighted by atomic mass is 35.5. The van der Waals surface area contributed by atoms with Crippen molar-refractivity contribution in [1.82, 2.24) is 14.9 Å². The highest BCUT2D eigenvalue weighted by molar-refractivity contribution is 7.93. The van der Waals surface area contributed by atoms with Gasteiger partial charge in [-0.1, -0.05) is 29.8 Å². The molecule has 42 heavy (non-hydrogen) atoms. The summed E-state index contributed by atoms with van der Waals surface area (Å²) in [6, 6.07) is 13.7. The standard InChI is InChI=1S/C27H27ClF3N5O5S/c1-15(33-13-24(37)19-10-21(28)25(32)34-12-19)7-16-5-6-22-18(8-16)11-23(26(38)39)36(22)14-17-3-2-4-20(9-17)35-42(40,41)27(29,30)31/h2-6,8-12,15,24,33,35,37H,7,13-14H2,1H3,(H2,32,34)(H,38,39). The van der Waals surface area contributed by atoms with Crippen LogP contribution in [0.1, 0.15) is 40.2 Å². The summed E-state index contributed by atoms with van der Waals surface area (Å²) in [5, 5.41) is 24.4. The molecule has 0 saturated carbocycles. The van der Waals surface area contributed by atoms with Gasteiger partial charge in [0.25, 0.3) is 0 Å². The van der Waals surface area contributed by atoms with Crippen molar-refractivity contribution in [2.24, 2.45) is 0 Å². The highest BCUT2D eigenvalue weighted by Gasteiger charge is 2.46. The van der Waals surface area contributed by atoms with Crippen molar-refractivity contribution in [1.29, 1.82) is 0 Å². The lowest BCUT2D eigenvalue weighted by atomic mass is 10.0. The van der Waals surface area contributed by atoms with Crippen LogP contribution < -0.4 is 15.8 Å². The molecule has 0 aliphatic heterocycles. The quantitative estimate of drug-likeness (QED) is 0.162. The van der Waals surface area contributed by atoms with E-state index in [1.165, 1.54) is 39.8 Å². The molecule has 2 heterocycles. The Kier molecular flexibility index (Phi) is 9.01. The maximum atomic E-state index is 12.8. The first kappa shape index (κ1) is 31.1. The number of fused-ring (bicyclic) bond motifs is 1. The van der Waals surface area contributed by atoms with E-state index in [0.717, 1.165) is 5.56 Å². The molecule has 0 aliphatic rings. The number of benzene rings is 2. The van der Waals surface area contributed by atoms with Gasteiger partial charge in [0.15, 0.2) is 0 Å². The molecule has 0 spiro atoms. The number of alkyl halides is 3. The minimum absolute atomic E-state index is 0.0358. The first-order valence-corrected chi connectivity index (χ1v) is 14.4. The van der Waals surface area contributed by atoms with Crippen molar-refractivity contribution < 1.29 is 36.6 Å². The second-order valence-corrected chi connectivity index (χ2v) is 11.8. The number of nitrogen functional groups attached to an aromatic ring is 1. The van der Waals surface area contributed by atoms with Crippen LogP contribution >= 0.6 is 11.6 Å². The first-order chi connectivity index (χ1) is 19.6. The van der Waals surface area contributed by atoms with Crippen LogP contribution in [0.15, 0.2) is 60.8 Å². The van der Waals surface area contributed by atoms with E-state index in [1.807, 2.05) is 19.1 Å². The van der Waals surface area contributed by atoms with Crippen LogP contribution in [0, 0.1) is 0 Å². The number of hydrogen-bond acceptors (Lipinski definition) is 7. The van der Waals surface area contributed by atoms with E-state index in [0.29, 0.717) is 28.5 Å². The van der Waals surface area contributed by atoms with Crippen LogP contribution in [0.2, 0.25) is 5.02 Å². The molecule has 0 saturated heterocycles. The van der Waals surface area contributed by atoms with Gasteiger partial charge >= 0.3 is 21.5 Å². The fourth-order valence-electron chi connectivity index (χ4n) is 4.43. The number of nitrogens with two attached hydrogens (primary N) is 1. The smallest absolute Gasteiger partial charge is 0.477 e. The Bertz CT molecular complexity index is 1730. The van der Waals surface area contributed by atoms with Crippen LogP contribution in [0.25, 0.3) is 10.9 Å². The van der Waals surface area contributed by atoms with Gasteiger partial charge in [-0.15, -0.1) is 0 Å². The molecule has 4 rings (SSSR count). The van der Waals surface area contributed by atoms with Gasteiger partial charge < -0.3 is 25.8 Å². The Morgan fingerprint density at radius 3 is 2.55 bits per heavy atom. The molecule has 224 valence electrons. The number of carboxylic acids is 1. The molecule has 15 heteroatoms. The number of aliphatic hydroxyl groups is 1. The van der Waals surface area contributed by atoms with Gasteiger partial charge in [-0.2, -0.15) is 21.6 Å². The van der Waals surface area contributed by atoms with Crippen molar-refractivity contribution in [3.05, 3.63) is 88.2 Å². The molecule has 2 unspecified atom stereocenters. The maximum Gasteiger partial charge on any atom is 0.516 e. The second-order valence-electron chi connectivity index (χ2n) is 9.73. The first-order valence-electron chi connectivity index (χ1n) is 12.5. The van der Waals surface area contributed by atoms with Gasteiger partial charge in [0.2, 0.25) is 0 Å². The van der Waals surface area contributed by atoms with Gasteiger partial charge in [0, 0.05) is 47.5 Å². The molecule has 0 radical (unpaired) electrons. The van der Waals surface area contributed by atoms with E-state index in [-0.39, 0.29) is 41.4 Å². The van der Waals surface area contributed by atoms with E-state index in [1.54, 1.807) is 18.2 Å². The van der Waals surface area contributed by atoms with E-state index < -0.39 is 27.6 Å². The number of aromatic carboxylic acids is 1. The Balaban J connectivity index is 1.49. The average molecular weight is 626 g/mol. The number of sulfonamides is 1. The summed E-state index contributed by atoms with van der Waals surface area (Å²) < 4.78 is 64.3. The Labute approximate surface area is 244 Å². The van der Waals surface area contributed by atoms with Gasteiger partial charge in [-0.3, -0.25) is 4.72 Å². The molecule has 10 nitrogen and oxygen atoms in total. The zero-order valence-corrected chi connectivity index (χ0v) is 23.6. The fourth-order valence-corrected chi connectivity index (χ4v) is 5.15. The normalized spacial score (nSPS) is 13.7. The topological polar surface area (TPSA) is 160 Å². The van der Waals surface area contributed by atoms with Crippen LogP contribution in [-0.2, 0) is 23.0 Å². The predicted molar refractivity (Wildman–Crippen MR) is 153 cm³/mol. The summed E-state index contributed by atoms with van der Waals surface area (Å²) in [5.41, 5.74) is 2.14. The summed E-state index contributed by atoms with van der Waals surface area (Å²) in [4.78, 5) is 16.0. The van der Waals surface area contributed by atoms with Crippen molar-refractivity contribution >= 4 is 50.0 Å². The molecular weight excluding hydrogens is 599 g/mol. The lowest BCUT2D eigenvalue weighted by Crippen LogP contribution is -2.32. The van der Waals surface area contributed by atoms with Crippen LogP contribution in [0.5, 0.6) is 0 Å². The van der Waals surface area contributed by atoms with Gasteiger partial charge in [-0.05, 0) is 60.9 Å². The molecule has 0 bridgehead atoms. The summed E-state index contributed by atoms with van der Waals surface area (Å²) in [6.07, 6.45) is 1.14. The van der Waals surface area contributed by atoms with E-state index in [9.17, 15) is 36.6 Å². The summed E-state index contributed by atoms with van der Waals surface area (Å²) in [6.45, 7) is 2.12. The SMILES string of the molecule is CC(Cc1ccc2c(c1)cc(C(=O)O)n2Cc1cccc(NS(=O)(=O)C(F)(F)F)c1)NCC(O)c1cnc(N)c(Cl)c1. The number of carboxylic acid groups (broad SMARTS) is 1. The number of rotatable bonds is 11. The third kappa shape index (κ3) is 7.13. The molecule has 2 aromatic carbocycles. The predicted octanol–water partition coefficient (Wildman–Crippen LogP) is 4.53. The van der Waals surface area contributed by atoms with E-state index in [2.05, 4.69) is 10.3 Å². The molecular formula is C27H27ClF3N5O5S. The number of aliphatic hydroxyl groups excluding tert-OH is 1. The maximum absolute atomic E-state index is 12.8. The number of hydrogen-bond donors (Lipinski definition) is 5. The van der Waals surface area contributed by atoms with Crippen LogP contribution in [0.4, 0.5) is 24.7 Å². The lowest BCUT2D eigenvalue weighted by Gasteiger charge is -2.18. The Morgan fingerprint density at radius 1 is 1.14 bits per heavy atom. The van der Waals surface area contributed by atoms with E-state index >= 15 is 0 Å². The minimum atomic E-state index is -5.61. The van der Waals surface area contributed by atoms with Crippen molar-refractivity contribution in [2.45, 2.75) is 37.5 Å². The molecule has 2 aromatic heterocycles. The van der Waals surface area contributed by atoms with Gasteiger partial charge in [0.05, 0.1) is 11.1 Å². The molecule has 0 amide bonds. The third-order valence-electron chi connectivity index (χ3n) is 6.49. The van der Waals surface area contributed by atoms with Crippen LogP contribution in [-0.4, -0.2) is 52.2 Å².